The van der Waals surface area contributed by atoms with E-state index < -0.39 is 0 Å². The van der Waals surface area contributed by atoms with E-state index in [1.54, 1.807) is 32.1 Å². The summed E-state index contributed by atoms with van der Waals surface area (Å²) in [6, 6.07) is 0. The van der Waals surface area contributed by atoms with E-state index in [4.69, 9.17) is 0 Å². The van der Waals surface area contributed by atoms with Crippen molar-refractivity contribution in [3.8, 4) is 0 Å². The Morgan fingerprint density at radius 1 is 0.882 bits per heavy atom. The zero-order valence-corrected chi connectivity index (χ0v) is 10.8. The number of hydrogen-bond acceptors (Lipinski definition) is 1. The van der Waals surface area contributed by atoms with Gasteiger partial charge in [-0.05, 0) is 87.6 Å². The van der Waals surface area contributed by atoms with Crippen LogP contribution in [0.4, 0.5) is 0 Å². The SMILES string of the molecule is C1=C(C2C3CC4CC(C3)CC2C4)CCNCC1. The Kier molecular flexibility index (Phi) is 2.57. The minimum absolute atomic E-state index is 1.00. The Bertz CT molecular complexity index is 302. The van der Waals surface area contributed by atoms with E-state index in [1.165, 1.54) is 25.9 Å². The van der Waals surface area contributed by atoms with E-state index in [9.17, 15) is 0 Å². The van der Waals surface area contributed by atoms with Gasteiger partial charge in [-0.25, -0.2) is 0 Å². The molecule has 1 aliphatic heterocycles. The summed E-state index contributed by atoms with van der Waals surface area (Å²) in [4.78, 5) is 0. The summed E-state index contributed by atoms with van der Waals surface area (Å²) in [5, 5.41) is 3.55. The van der Waals surface area contributed by atoms with Gasteiger partial charge in [-0.15, -0.1) is 0 Å². The molecule has 4 fully saturated rings. The van der Waals surface area contributed by atoms with Gasteiger partial charge in [-0.2, -0.15) is 0 Å². The Hall–Kier alpha value is -0.300. The first-order valence-corrected chi connectivity index (χ1v) is 7.80. The molecule has 0 atom stereocenters. The average molecular weight is 231 g/mol. The van der Waals surface area contributed by atoms with Crippen LogP contribution in [0.3, 0.4) is 0 Å². The van der Waals surface area contributed by atoms with Gasteiger partial charge in [0.25, 0.3) is 0 Å². The fourth-order valence-electron chi connectivity index (χ4n) is 5.65. The Morgan fingerprint density at radius 3 is 2.29 bits per heavy atom. The van der Waals surface area contributed by atoms with E-state index in [0.29, 0.717) is 0 Å². The molecule has 0 spiro atoms. The second-order valence-corrected chi connectivity index (χ2v) is 7.02. The zero-order chi connectivity index (χ0) is 11.2. The van der Waals surface area contributed by atoms with Crippen LogP contribution in [0.5, 0.6) is 0 Å². The molecule has 1 nitrogen and oxygen atoms in total. The molecule has 4 saturated carbocycles. The zero-order valence-electron chi connectivity index (χ0n) is 10.8. The minimum Gasteiger partial charge on any atom is -0.316 e. The lowest BCUT2D eigenvalue weighted by molar-refractivity contribution is -0.0219. The minimum atomic E-state index is 1.00. The van der Waals surface area contributed by atoms with Crippen molar-refractivity contribution in [1.29, 1.82) is 0 Å². The van der Waals surface area contributed by atoms with Crippen molar-refractivity contribution < 1.29 is 0 Å². The molecule has 1 heterocycles. The third-order valence-corrected chi connectivity index (χ3v) is 5.97. The first-order valence-electron chi connectivity index (χ1n) is 7.80. The fraction of sp³-hybridized carbons (Fsp3) is 0.875. The molecule has 0 amide bonds. The summed E-state index contributed by atoms with van der Waals surface area (Å²) < 4.78 is 0. The fourth-order valence-corrected chi connectivity index (χ4v) is 5.65. The standard InChI is InChI=1S/C16H25N/c1-2-13(3-5-17-4-1)16-14-7-11-6-12(9-14)10-15(16)8-11/h2,11-12,14-17H,1,3-10H2. The monoisotopic (exact) mass is 231 g/mol. The van der Waals surface area contributed by atoms with Crippen LogP contribution in [0, 0.1) is 29.6 Å². The Balaban J connectivity index is 1.59. The molecule has 1 N–H and O–H groups in total. The molecule has 4 aliphatic carbocycles. The van der Waals surface area contributed by atoms with Crippen molar-refractivity contribution in [2.24, 2.45) is 29.6 Å². The molecule has 0 aromatic carbocycles. The van der Waals surface area contributed by atoms with E-state index >= 15 is 0 Å². The molecule has 0 aromatic rings. The number of nitrogens with one attached hydrogen (secondary N) is 1. The highest BCUT2D eigenvalue weighted by Crippen LogP contribution is 2.58. The van der Waals surface area contributed by atoms with Crippen molar-refractivity contribution in [2.45, 2.75) is 44.9 Å². The van der Waals surface area contributed by atoms with Crippen LogP contribution >= 0.6 is 0 Å². The second-order valence-electron chi connectivity index (χ2n) is 7.02. The molecule has 94 valence electrons. The third-order valence-electron chi connectivity index (χ3n) is 5.97. The normalized spacial score (nSPS) is 48.9. The summed E-state index contributed by atoms with van der Waals surface area (Å²) in [6.07, 6.45) is 13.1. The van der Waals surface area contributed by atoms with Gasteiger partial charge in [0.1, 0.15) is 0 Å². The predicted octanol–water partition coefficient (Wildman–Crippen LogP) is 3.37. The molecule has 0 unspecified atom stereocenters. The molecule has 1 heteroatoms. The molecule has 5 aliphatic rings. The second kappa shape index (κ2) is 4.12. The maximum Gasteiger partial charge on any atom is -0.00114 e. The van der Waals surface area contributed by atoms with Gasteiger partial charge in [-0.1, -0.05) is 11.6 Å². The number of hydrogen-bond donors (Lipinski definition) is 1. The molecule has 17 heavy (non-hydrogen) atoms. The number of rotatable bonds is 1. The van der Waals surface area contributed by atoms with Gasteiger partial charge in [-0.3, -0.25) is 0 Å². The van der Waals surface area contributed by atoms with Crippen molar-refractivity contribution in [3.63, 3.8) is 0 Å². The molecular weight excluding hydrogens is 206 g/mol. The van der Waals surface area contributed by atoms with Crippen molar-refractivity contribution in [3.05, 3.63) is 11.6 Å². The van der Waals surface area contributed by atoms with E-state index in [0.717, 1.165) is 29.6 Å². The summed E-state index contributed by atoms with van der Waals surface area (Å²) in [6.45, 7) is 2.44. The molecule has 0 saturated heterocycles. The molecule has 0 aromatic heterocycles. The van der Waals surface area contributed by atoms with Gasteiger partial charge in [0.05, 0.1) is 0 Å². The maximum absolute atomic E-state index is 3.55. The van der Waals surface area contributed by atoms with Crippen molar-refractivity contribution in [1.82, 2.24) is 5.32 Å². The summed E-state index contributed by atoms with van der Waals surface area (Å²) in [7, 11) is 0. The topological polar surface area (TPSA) is 12.0 Å². The quantitative estimate of drug-likeness (QED) is 0.682. The first kappa shape index (κ1) is 10.6. The average Bonchev–Trinajstić information content (AvgIpc) is 2.56. The lowest BCUT2D eigenvalue weighted by Gasteiger charge is -2.55. The summed E-state index contributed by atoms with van der Waals surface area (Å²) >= 11 is 0. The van der Waals surface area contributed by atoms with Crippen molar-refractivity contribution in [2.75, 3.05) is 13.1 Å². The Labute approximate surface area is 105 Å². The predicted molar refractivity (Wildman–Crippen MR) is 70.7 cm³/mol. The Morgan fingerprint density at radius 2 is 1.59 bits per heavy atom. The highest BCUT2D eigenvalue weighted by molar-refractivity contribution is 5.16. The van der Waals surface area contributed by atoms with Crippen LogP contribution in [0.1, 0.15) is 44.9 Å². The van der Waals surface area contributed by atoms with Gasteiger partial charge in [0.15, 0.2) is 0 Å². The molecule has 5 rings (SSSR count). The first-order chi connectivity index (χ1) is 8.40. The highest BCUT2D eigenvalue weighted by Gasteiger charge is 2.48. The van der Waals surface area contributed by atoms with Crippen LogP contribution in [0.25, 0.3) is 0 Å². The van der Waals surface area contributed by atoms with Gasteiger partial charge >= 0.3 is 0 Å². The molecular formula is C16H25N. The van der Waals surface area contributed by atoms with E-state index in [-0.39, 0.29) is 0 Å². The largest absolute Gasteiger partial charge is 0.316 e. The maximum atomic E-state index is 3.55. The van der Waals surface area contributed by atoms with Gasteiger partial charge in [0, 0.05) is 0 Å². The molecule has 4 bridgehead atoms. The van der Waals surface area contributed by atoms with Crippen LogP contribution in [0.15, 0.2) is 11.6 Å². The van der Waals surface area contributed by atoms with Crippen LogP contribution in [-0.4, -0.2) is 13.1 Å². The van der Waals surface area contributed by atoms with Crippen LogP contribution in [-0.2, 0) is 0 Å². The highest BCUT2D eigenvalue weighted by atomic mass is 14.8. The molecule has 0 radical (unpaired) electrons. The third kappa shape index (κ3) is 1.78. The smallest absolute Gasteiger partial charge is 0.00114 e. The lowest BCUT2D eigenvalue weighted by atomic mass is 9.50. The lowest BCUT2D eigenvalue weighted by Crippen LogP contribution is -2.45. The van der Waals surface area contributed by atoms with E-state index in [2.05, 4.69) is 11.4 Å². The van der Waals surface area contributed by atoms with Crippen molar-refractivity contribution >= 4 is 0 Å². The van der Waals surface area contributed by atoms with Gasteiger partial charge in [0.2, 0.25) is 0 Å². The van der Waals surface area contributed by atoms with Gasteiger partial charge < -0.3 is 5.32 Å². The summed E-state index contributed by atoms with van der Waals surface area (Å²) in [5.41, 5.74) is 1.85. The summed E-state index contributed by atoms with van der Waals surface area (Å²) in [5.74, 6) is 5.41. The van der Waals surface area contributed by atoms with E-state index in [1.807, 2.05) is 5.57 Å². The van der Waals surface area contributed by atoms with Crippen LogP contribution < -0.4 is 5.32 Å². The van der Waals surface area contributed by atoms with Crippen LogP contribution in [0.2, 0.25) is 0 Å².